The number of hydrogen-bond acceptors (Lipinski definition) is 7. The lowest BCUT2D eigenvalue weighted by Gasteiger charge is -2.29. The molecule has 1 fully saturated rings. The smallest absolute Gasteiger partial charge is 0.416 e. The Morgan fingerprint density at radius 3 is 2.65 bits per heavy atom. The number of thioether (sulfide) groups is 1. The van der Waals surface area contributed by atoms with Crippen LogP contribution in [-0.4, -0.2) is 51.9 Å². The molecule has 6 nitrogen and oxygen atoms in total. The Morgan fingerprint density at radius 2 is 2.00 bits per heavy atom. The van der Waals surface area contributed by atoms with Crippen molar-refractivity contribution in [1.82, 2.24) is 9.88 Å². The minimum absolute atomic E-state index is 0.371. The fourth-order valence-corrected chi connectivity index (χ4v) is 6.27. The Morgan fingerprint density at radius 1 is 1.24 bits per heavy atom. The summed E-state index contributed by atoms with van der Waals surface area (Å²) in [5, 5.41) is 19.6. The monoisotopic (exact) mass is 552 g/mol. The molecule has 1 unspecified atom stereocenters. The quantitative estimate of drug-likeness (QED) is 0.322. The van der Waals surface area contributed by atoms with Gasteiger partial charge in [0.15, 0.2) is 6.61 Å². The number of likely N-dealkylation sites (tertiary alicyclic amines) is 1. The number of aliphatic hydroxyl groups is 1. The number of rotatable bonds is 9. The van der Waals surface area contributed by atoms with Crippen LogP contribution >= 0.6 is 23.1 Å². The van der Waals surface area contributed by atoms with Gasteiger partial charge in [0.25, 0.3) is 0 Å². The first kappa shape index (κ1) is 27.4. The number of benzene rings is 2. The van der Waals surface area contributed by atoms with E-state index in [4.69, 9.17) is 14.8 Å². The first-order valence-corrected chi connectivity index (χ1v) is 13.5. The molecule has 198 valence electrons. The Hall–Kier alpha value is -2.60. The molecule has 0 bridgehead atoms. The van der Waals surface area contributed by atoms with Crippen LogP contribution in [-0.2, 0) is 23.3 Å². The number of piperidine rings is 1. The SMILES string of the molecule is Cc1cc(SCc2sc(-c3ccc(C(F)(F)F)cc3)nc2CN2CCCC(O)C2)ccc1OCC(=O)O. The number of β-amino-alcohol motifs (C(OH)–C–C–N with tert-alkyl or cyclic N) is 1. The van der Waals surface area contributed by atoms with Gasteiger partial charge in [0.2, 0.25) is 0 Å². The zero-order valence-electron chi connectivity index (χ0n) is 20.1. The molecule has 1 aromatic heterocycles. The molecule has 2 heterocycles. The number of alkyl halides is 3. The molecule has 1 aliphatic rings. The highest BCUT2D eigenvalue weighted by Gasteiger charge is 2.30. The lowest BCUT2D eigenvalue weighted by molar-refractivity contribution is -0.139. The molecule has 0 saturated carbocycles. The molecule has 1 atom stereocenters. The molecule has 1 aliphatic heterocycles. The largest absolute Gasteiger partial charge is 0.482 e. The highest BCUT2D eigenvalue weighted by Crippen LogP contribution is 2.36. The second kappa shape index (κ2) is 11.8. The number of carbonyl (C=O) groups is 1. The molecule has 0 aliphatic carbocycles. The molecule has 0 amide bonds. The number of carboxylic acids is 1. The van der Waals surface area contributed by atoms with E-state index in [0.29, 0.717) is 35.2 Å². The van der Waals surface area contributed by atoms with Crippen LogP contribution in [0.25, 0.3) is 10.6 Å². The minimum atomic E-state index is -4.39. The van der Waals surface area contributed by atoms with E-state index in [0.717, 1.165) is 52.5 Å². The van der Waals surface area contributed by atoms with E-state index < -0.39 is 24.3 Å². The highest BCUT2D eigenvalue weighted by atomic mass is 32.2. The first-order valence-electron chi connectivity index (χ1n) is 11.7. The van der Waals surface area contributed by atoms with Crippen molar-refractivity contribution in [3.63, 3.8) is 0 Å². The number of carboxylic acid groups (broad SMARTS) is 1. The van der Waals surface area contributed by atoms with Crippen molar-refractivity contribution in [2.75, 3.05) is 19.7 Å². The van der Waals surface area contributed by atoms with Crippen molar-refractivity contribution in [2.45, 2.75) is 49.2 Å². The second-order valence-electron chi connectivity index (χ2n) is 8.89. The number of aryl methyl sites for hydroxylation is 1. The van der Waals surface area contributed by atoms with E-state index in [1.54, 1.807) is 17.8 Å². The molecule has 4 rings (SSSR count). The Bertz CT molecular complexity index is 1230. The summed E-state index contributed by atoms with van der Waals surface area (Å²) in [7, 11) is 0. The topological polar surface area (TPSA) is 82.9 Å². The van der Waals surface area contributed by atoms with Gasteiger partial charge in [-0.2, -0.15) is 13.2 Å². The van der Waals surface area contributed by atoms with Gasteiger partial charge < -0.3 is 14.9 Å². The second-order valence-corrected chi connectivity index (χ2v) is 11.0. The third-order valence-corrected chi connectivity index (χ3v) is 8.31. The summed E-state index contributed by atoms with van der Waals surface area (Å²) in [5.74, 6) is 0.0813. The van der Waals surface area contributed by atoms with Gasteiger partial charge in [0.1, 0.15) is 10.8 Å². The predicted molar refractivity (Wildman–Crippen MR) is 137 cm³/mol. The van der Waals surface area contributed by atoms with Crippen molar-refractivity contribution in [3.8, 4) is 16.3 Å². The van der Waals surface area contributed by atoms with E-state index in [1.807, 2.05) is 19.1 Å². The van der Waals surface area contributed by atoms with E-state index in [-0.39, 0.29) is 6.10 Å². The van der Waals surface area contributed by atoms with Gasteiger partial charge >= 0.3 is 12.1 Å². The normalized spacial score (nSPS) is 16.6. The van der Waals surface area contributed by atoms with Crippen LogP contribution in [0.2, 0.25) is 0 Å². The van der Waals surface area contributed by atoms with Gasteiger partial charge in [0.05, 0.1) is 17.4 Å². The van der Waals surface area contributed by atoms with Crippen LogP contribution in [0.1, 0.15) is 34.5 Å². The van der Waals surface area contributed by atoms with Crippen molar-refractivity contribution >= 4 is 29.1 Å². The lowest BCUT2D eigenvalue weighted by atomic mass is 10.1. The van der Waals surface area contributed by atoms with Crippen LogP contribution in [0, 0.1) is 6.92 Å². The molecule has 2 aromatic carbocycles. The molecular formula is C26H27F3N2O4S2. The molecule has 2 N–H and O–H groups in total. The Labute approximate surface area is 221 Å². The number of hydrogen-bond donors (Lipinski definition) is 2. The molecule has 11 heteroatoms. The van der Waals surface area contributed by atoms with Gasteiger partial charge in [-0.05, 0) is 62.2 Å². The number of thiazole rings is 1. The van der Waals surface area contributed by atoms with Gasteiger partial charge in [-0.15, -0.1) is 23.1 Å². The number of halogens is 3. The third-order valence-electron chi connectivity index (χ3n) is 5.96. The maximum Gasteiger partial charge on any atom is 0.416 e. The number of aliphatic carboxylic acids is 1. The van der Waals surface area contributed by atoms with Crippen LogP contribution in [0.3, 0.4) is 0 Å². The third kappa shape index (κ3) is 7.47. The predicted octanol–water partition coefficient (Wildman–Crippen LogP) is 5.85. The summed E-state index contributed by atoms with van der Waals surface area (Å²) in [4.78, 5) is 19.7. The first-order chi connectivity index (χ1) is 17.6. The van der Waals surface area contributed by atoms with Crippen LogP contribution in [0.5, 0.6) is 5.75 Å². The molecular weight excluding hydrogens is 525 g/mol. The van der Waals surface area contributed by atoms with E-state index >= 15 is 0 Å². The van der Waals surface area contributed by atoms with Crippen molar-refractivity contribution in [2.24, 2.45) is 0 Å². The highest BCUT2D eigenvalue weighted by molar-refractivity contribution is 7.98. The summed E-state index contributed by atoms with van der Waals surface area (Å²) < 4.78 is 44.3. The number of aromatic nitrogens is 1. The van der Waals surface area contributed by atoms with Crippen LogP contribution in [0.15, 0.2) is 47.4 Å². The maximum absolute atomic E-state index is 13.0. The van der Waals surface area contributed by atoms with E-state index in [2.05, 4.69) is 4.90 Å². The Kier molecular flexibility index (Phi) is 8.79. The standard InChI is InChI=1S/C26H27F3N2O4S2/c1-16-11-20(8-9-22(16)35-14-24(33)34)36-15-23-21(13-31-10-2-3-19(32)12-31)30-25(37-23)17-4-6-18(7-5-17)26(27,28)29/h4-9,11,19,32H,2-3,10,12-15H2,1H3,(H,33,34). The van der Waals surface area contributed by atoms with Crippen molar-refractivity contribution in [3.05, 3.63) is 64.2 Å². The zero-order chi connectivity index (χ0) is 26.6. The van der Waals surface area contributed by atoms with Gasteiger partial charge in [-0.1, -0.05) is 12.1 Å². The van der Waals surface area contributed by atoms with Crippen LogP contribution < -0.4 is 4.74 Å². The molecule has 0 spiro atoms. The lowest BCUT2D eigenvalue weighted by Crippen LogP contribution is -2.37. The average Bonchev–Trinajstić information content (AvgIpc) is 3.24. The van der Waals surface area contributed by atoms with Gasteiger partial charge in [0, 0.05) is 34.2 Å². The van der Waals surface area contributed by atoms with E-state index in [1.165, 1.54) is 23.5 Å². The summed E-state index contributed by atoms with van der Waals surface area (Å²) in [6.45, 7) is 3.43. The van der Waals surface area contributed by atoms with Gasteiger partial charge in [-0.25, -0.2) is 9.78 Å². The van der Waals surface area contributed by atoms with Crippen molar-refractivity contribution in [1.29, 1.82) is 0 Å². The summed E-state index contributed by atoms with van der Waals surface area (Å²) in [5.41, 5.74) is 1.62. The summed E-state index contributed by atoms with van der Waals surface area (Å²) >= 11 is 3.05. The van der Waals surface area contributed by atoms with E-state index in [9.17, 15) is 23.1 Å². The van der Waals surface area contributed by atoms with Gasteiger partial charge in [-0.3, -0.25) is 4.90 Å². The number of ether oxygens (including phenoxy) is 1. The summed E-state index contributed by atoms with van der Waals surface area (Å²) in [6.07, 6.45) is -3.09. The average molecular weight is 553 g/mol. The number of nitrogens with zero attached hydrogens (tertiary/aromatic N) is 2. The fourth-order valence-electron chi connectivity index (χ4n) is 4.09. The molecule has 3 aromatic rings. The van der Waals surface area contributed by atoms with Crippen molar-refractivity contribution < 1.29 is 32.9 Å². The number of aliphatic hydroxyl groups excluding tert-OH is 1. The molecule has 37 heavy (non-hydrogen) atoms. The maximum atomic E-state index is 13.0. The van der Waals surface area contributed by atoms with Crippen LogP contribution in [0.4, 0.5) is 13.2 Å². The molecule has 1 saturated heterocycles. The summed E-state index contributed by atoms with van der Waals surface area (Å²) in [6, 6.07) is 10.6. The Balaban J connectivity index is 1.54. The minimum Gasteiger partial charge on any atom is -0.482 e. The molecule has 0 radical (unpaired) electrons. The fraction of sp³-hybridized carbons (Fsp3) is 0.385. The zero-order valence-corrected chi connectivity index (χ0v) is 21.8.